The Morgan fingerprint density at radius 1 is 1.41 bits per heavy atom. The van der Waals surface area contributed by atoms with Gasteiger partial charge in [-0.1, -0.05) is 0 Å². The van der Waals surface area contributed by atoms with Crippen molar-refractivity contribution in [1.29, 1.82) is 0 Å². The zero-order valence-electron chi connectivity index (χ0n) is 9.39. The molecule has 2 heterocycles. The van der Waals surface area contributed by atoms with Gasteiger partial charge in [0.25, 0.3) is 0 Å². The third-order valence-corrected chi connectivity index (χ3v) is 4.66. The van der Waals surface area contributed by atoms with Crippen molar-refractivity contribution in [2.45, 2.75) is 19.4 Å². The monoisotopic (exact) mass is 257 g/mol. The van der Waals surface area contributed by atoms with Crippen LogP contribution in [0, 0.1) is 5.92 Å². The first-order valence-corrected chi connectivity index (χ1v) is 7.39. The van der Waals surface area contributed by atoms with Crippen LogP contribution in [0.25, 0.3) is 0 Å². The molecule has 1 aliphatic rings. The molecule has 1 saturated heterocycles. The van der Waals surface area contributed by atoms with Crippen LogP contribution in [0.5, 0.6) is 0 Å². The van der Waals surface area contributed by atoms with Crippen LogP contribution in [-0.2, 0) is 21.2 Å². The Morgan fingerprint density at radius 2 is 2.12 bits per heavy atom. The van der Waals surface area contributed by atoms with Gasteiger partial charge >= 0.3 is 0 Å². The minimum absolute atomic E-state index is 0.0868. The van der Waals surface area contributed by atoms with Crippen molar-refractivity contribution in [2.24, 2.45) is 5.92 Å². The van der Waals surface area contributed by atoms with E-state index in [-0.39, 0.29) is 23.3 Å². The maximum Gasteiger partial charge on any atom is 0.223 e. The van der Waals surface area contributed by atoms with E-state index < -0.39 is 9.84 Å². The molecule has 0 saturated carbocycles. The number of amides is 1. The van der Waals surface area contributed by atoms with Gasteiger partial charge in [-0.2, -0.15) is 0 Å². The van der Waals surface area contributed by atoms with E-state index in [2.05, 4.69) is 5.32 Å². The van der Waals surface area contributed by atoms with Gasteiger partial charge in [-0.25, -0.2) is 8.42 Å². The molecule has 1 amide bonds. The molecule has 1 aromatic heterocycles. The van der Waals surface area contributed by atoms with E-state index in [1.54, 1.807) is 18.4 Å². The lowest BCUT2D eigenvalue weighted by atomic mass is 10.0. The zero-order chi connectivity index (χ0) is 12.3. The summed E-state index contributed by atoms with van der Waals surface area (Å²) in [6.07, 6.45) is 2.40. The Bertz CT molecular complexity index is 464. The van der Waals surface area contributed by atoms with Gasteiger partial charge in [0.1, 0.15) is 15.6 Å². The third-order valence-electron chi connectivity index (χ3n) is 2.94. The average molecular weight is 257 g/mol. The highest BCUT2D eigenvalue weighted by atomic mass is 32.2. The second kappa shape index (κ2) is 4.91. The molecule has 1 aromatic rings. The van der Waals surface area contributed by atoms with E-state index in [0.29, 0.717) is 25.1 Å². The molecule has 0 bridgehead atoms. The molecular formula is C11H15NO4S. The Labute approximate surface area is 100 Å². The fourth-order valence-corrected chi connectivity index (χ4v) is 3.38. The number of sulfone groups is 1. The number of furan rings is 1. The summed E-state index contributed by atoms with van der Waals surface area (Å²) < 4.78 is 27.5. The molecule has 0 aromatic carbocycles. The third kappa shape index (κ3) is 3.33. The van der Waals surface area contributed by atoms with Gasteiger partial charge in [0.05, 0.1) is 24.3 Å². The zero-order valence-corrected chi connectivity index (χ0v) is 10.2. The van der Waals surface area contributed by atoms with Crippen molar-refractivity contribution in [3.63, 3.8) is 0 Å². The Kier molecular flexibility index (Phi) is 3.51. The fraction of sp³-hybridized carbons (Fsp3) is 0.545. The number of hydrogen-bond acceptors (Lipinski definition) is 4. The van der Waals surface area contributed by atoms with Gasteiger partial charge in [-0.05, 0) is 25.0 Å². The predicted molar refractivity (Wildman–Crippen MR) is 61.9 cm³/mol. The van der Waals surface area contributed by atoms with E-state index in [1.807, 2.05) is 0 Å². The molecule has 1 fully saturated rings. The smallest absolute Gasteiger partial charge is 0.223 e. The molecule has 0 spiro atoms. The van der Waals surface area contributed by atoms with Gasteiger partial charge in [0.15, 0.2) is 0 Å². The van der Waals surface area contributed by atoms with Crippen molar-refractivity contribution >= 4 is 15.7 Å². The van der Waals surface area contributed by atoms with E-state index in [4.69, 9.17) is 4.42 Å². The number of carbonyl (C=O) groups excluding carboxylic acids is 1. The van der Waals surface area contributed by atoms with Crippen molar-refractivity contribution in [3.8, 4) is 0 Å². The van der Waals surface area contributed by atoms with Gasteiger partial charge in [-0.3, -0.25) is 4.79 Å². The highest BCUT2D eigenvalue weighted by molar-refractivity contribution is 7.91. The summed E-state index contributed by atoms with van der Waals surface area (Å²) in [6, 6.07) is 3.54. The summed E-state index contributed by atoms with van der Waals surface area (Å²) in [4.78, 5) is 11.8. The highest BCUT2D eigenvalue weighted by Crippen LogP contribution is 2.19. The van der Waals surface area contributed by atoms with E-state index in [9.17, 15) is 13.2 Å². The molecule has 2 rings (SSSR count). The Hall–Kier alpha value is -1.30. The van der Waals surface area contributed by atoms with Crippen LogP contribution < -0.4 is 5.32 Å². The molecule has 0 atom stereocenters. The highest BCUT2D eigenvalue weighted by Gasteiger charge is 2.28. The SMILES string of the molecule is O=C(NCc1ccco1)C1CCS(=O)(=O)CC1. The standard InChI is InChI=1S/C11H15NO4S/c13-11(12-8-10-2-1-5-16-10)9-3-6-17(14,15)7-4-9/h1-2,5,9H,3-4,6-8H2,(H,12,13). The minimum Gasteiger partial charge on any atom is -0.467 e. The van der Waals surface area contributed by atoms with Crippen molar-refractivity contribution in [1.82, 2.24) is 5.32 Å². The quantitative estimate of drug-likeness (QED) is 0.865. The molecule has 94 valence electrons. The van der Waals surface area contributed by atoms with Crippen LogP contribution in [-0.4, -0.2) is 25.8 Å². The number of hydrogen-bond donors (Lipinski definition) is 1. The molecule has 0 unspecified atom stereocenters. The predicted octanol–water partition coefficient (Wildman–Crippen LogP) is 0.721. The van der Waals surface area contributed by atoms with Gasteiger partial charge in [-0.15, -0.1) is 0 Å². The summed E-state index contributed by atoms with van der Waals surface area (Å²) in [5.41, 5.74) is 0. The molecule has 1 N–H and O–H groups in total. The van der Waals surface area contributed by atoms with Crippen LogP contribution in [0.3, 0.4) is 0 Å². The Morgan fingerprint density at radius 3 is 2.71 bits per heavy atom. The normalized spacial score (nSPS) is 20.0. The Balaban J connectivity index is 1.81. The second-order valence-corrected chi connectivity index (χ2v) is 6.53. The first-order chi connectivity index (χ1) is 8.07. The van der Waals surface area contributed by atoms with Crippen molar-refractivity contribution in [3.05, 3.63) is 24.2 Å². The summed E-state index contributed by atoms with van der Waals surface area (Å²) in [5, 5.41) is 2.75. The van der Waals surface area contributed by atoms with E-state index >= 15 is 0 Å². The number of carbonyl (C=O) groups is 1. The molecule has 5 nitrogen and oxygen atoms in total. The van der Waals surface area contributed by atoms with Crippen molar-refractivity contribution in [2.75, 3.05) is 11.5 Å². The van der Waals surface area contributed by atoms with Gasteiger partial charge in [0, 0.05) is 5.92 Å². The lowest BCUT2D eigenvalue weighted by molar-refractivity contribution is -0.125. The summed E-state index contributed by atoms with van der Waals surface area (Å²) in [7, 11) is -2.91. The molecule has 1 aliphatic heterocycles. The summed E-state index contributed by atoms with van der Waals surface area (Å²) in [6.45, 7) is 0.356. The fourth-order valence-electron chi connectivity index (χ4n) is 1.88. The molecular weight excluding hydrogens is 242 g/mol. The first kappa shape index (κ1) is 12.2. The largest absolute Gasteiger partial charge is 0.467 e. The van der Waals surface area contributed by atoms with Gasteiger partial charge < -0.3 is 9.73 Å². The van der Waals surface area contributed by atoms with E-state index in [1.165, 1.54) is 0 Å². The average Bonchev–Trinajstić information content (AvgIpc) is 2.78. The maximum absolute atomic E-state index is 11.8. The molecule has 0 aliphatic carbocycles. The topological polar surface area (TPSA) is 76.4 Å². The summed E-state index contributed by atoms with van der Waals surface area (Å²) in [5.74, 6) is 0.657. The second-order valence-electron chi connectivity index (χ2n) is 4.22. The molecule has 17 heavy (non-hydrogen) atoms. The van der Waals surface area contributed by atoms with Gasteiger partial charge in [0.2, 0.25) is 5.91 Å². The van der Waals surface area contributed by atoms with Crippen LogP contribution in [0.15, 0.2) is 22.8 Å². The minimum atomic E-state index is -2.91. The molecule has 0 radical (unpaired) electrons. The number of rotatable bonds is 3. The van der Waals surface area contributed by atoms with Crippen LogP contribution in [0.2, 0.25) is 0 Å². The van der Waals surface area contributed by atoms with Crippen LogP contribution in [0.1, 0.15) is 18.6 Å². The summed E-state index contributed by atoms with van der Waals surface area (Å²) >= 11 is 0. The van der Waals surface area contributed by atoms with Crippen LogP contribution in [0.4, 0.5) is 0 Å². The first-order valence-electron chi connectivity index (χ1n) is 5.57. The number of nitrogens with one attached hydrogen (secondary N) is 1. The lowest BCUT2D eigenvalue weighted by Gasteiger charge is -2.20. The van der Waals surface area contributed by atoms with Crippen molar-refractivity contribution < 1.29 is 17.6 Å². The van der Waals surface area contributed by atoms with E-state index in [0.717, 1.165) is 0 Å². The lowest BCUT2D eigenvalue weighted by Crippen LogP contribution is -2.35. The molecule has 6 heteroatoms. The van der Waals surface area contributed by atoms with Crippen LogP contribution >= 0.6 is 0 Å². The maximum atomic E-state index is 11.8.